The summed E-state index contributed by atoms with van der Waals surface area (Å²) < 4.78 is 27.3. The molecule has 2 rings (SSSR count). The number of rotatable bonds is 12. The van der Waals surface area contributed by atoms with Crippen LogP contribution < -0.4 is 21.3 Å². The molecular weight excluding hydrogens is 576 g/mol. The van der Waals surface area contributed by atoms with Gasteiger partial charge >= 0.3 is 5.97 Å². The van der Waals surface area contributed by atoms with Crippen molar-refractivity contribution in [2.24, 2.45) is 10.7 Å². The maximum absolute atomic E-state index is 12.9. The minimum atomic E-state index is -4.00. The number of hydroxylamine groups is 1. The van der Waals surface area contributed by atoms with Gasteiger partial charge in [-0.25, -0.2) is 22.9 Å². The van der Waals surface area contributed by atoms with Crippen LogP contribution in [0, 0.1) is 0 Å². The summed E-state index contributed by atoms with van der Waals surface area (Å²) in [6.07, 6.45) is 0. The van der Waals surface area contributed by atoms with E-state index in [0.717, 1.165) is 4.90 Å². The minimum absolute atomic E-state index is 0.121. The number of hydrogen-bond donors (Lipinski definition) is 5. The Labute approximate surface area is 243 Å². The zero-order valence-electron chi connectivity index (χ0n) is 22.8. The van der Waals surface area contributed by atoms with Crippen molar-refractivity contribution in [3.8, 4) is 0 Å². The summed E-state index contributed by atoms with van der Waals surface area (Å²) >= 11 is 5.82. The summed E-state index contributed by atoms with van der Waals surface area (Å²) in [5.74, 6) is -2.55. The molecule has 1 unspecified atom stereocenters. The number of hydrogen-bond acceptors (Lipinski definition) is 8. The fourth-order valence-corrected chi connectivity index (χ4v) is 4.66. The van der Waals surface area contributed by atoms with Gasteiger partial charge in [0, 0.05) is 24.2 Å². The molecule has 0 aromatic heterocycles. The predicted octanol–water partition coefficient (Wildman–Crippen LogP) is 0.854. The number of guanidine groups is 1. The van der Waals surface area contributed by atoms with Crippen LogP contribution in [-0.2, 0) is 41.5 Å². The first-order chi connectivity index (χ1) is 19.2. The number of likely N-dealkylation sites (N-methyl/N-ethyl adjacent to an activating group) is 1. The highest BCUT2D eigenvalue weighted by Crippen LogP contribution is 2.14. The Kier molecular flexibility index (Phi) is 12.3. The Morgan fingerprint density at radius 2 is 1.71 bits per heavy atom. The fraction of sp³-hybridized carbons (Fsp3) is 0.308. The van der Waals surface area contributed by atoms with Crippen LogP contribution in [0.2, 0.25) is 5.02 Å². The quantitative estimate of drug-likeness (QED) is 0.101. The summed E-state index contributed by atoms with van der Waals surface area (Å²) in [7, 11) is -2.66. The van der Waals surface area contributed by atoms with E-state index in [1.165, 1.54) is 45.2 Å². The van der Waals surface area contributed by atoms with Gasteiger partial charge in [0.05, 0.1) is 18.0 Å². The lowest BCUT2D eigenvalue weighted by molar-refractivity contribution is -0.143. The van der Waals surface area contributed by atoms with Gasteiger partial charge in [0.15, 0.2) is 0 Å². The number of nitrogens with two attached hydrogens (primary N) is 1. The number of nitrogens with zero attached hydrogens (tertiary/aromatic N) is 2. The molecule has 0 aliphatic heterocycles. The Morgan fingerprint density at radius 3 is 2.27 bits per heavy atom. The minimum Gasteiger partial charge on any atom is -0.394 e. The first kappa shape index (κ1) is 33.2. The molecular formula is C26H33ClN6O7S. The molecule has 15 heteroatoms. The molecule has 2 atom stereocenters. The molecule has 13 nitrogen and oxygen atoms in total. The number of benzene rings is 2. The Hall–Kier alpha value is -3.98. The molecule has 0 saturated heterocycles. The number of amides is 2. The van der Waals surface area contributed by atoms with E-state index in [9.17, 15) is 27.9 Å². The third kappa shape index (κ3) is 10.8. The van der Waals surface area contributed by atoms with Crippen LogP contribution in [0.3, 0.4) is 0 Å². The molecule has 0 spiro atoms. The molecule has 2 amide bonds. The van der Waals surface area contributed by atoms with Crippen molar-refractivity contribution in [2.75, 3.05) is 13.7 Å². The first-order valence-corrected chi connectivity index (χ1v) is 14.2. The normalized spacial score (nSPS) is 13.0. The van der Waals surface area contributed by atoms with Gasteiger partial charge in [-0.15, -0.1) is 0 Å². The van der Waals surface area contributed by atoms with Crippen LogP contribution in [0.15, 0.2) is 65.7 Å². The Bertz CT molecular complexity index is 1380. The van der Waals surface area contributed by atoms with Crippen LogP contribution in [0.5, 0.6) is 0 Å². The van der Waals surface area contributed by atoms with E-state index in [-0.39, 0.29) is 18.1 Å². The van der Waals surface area contributed by atoms with Gasteiger partial charge in [0.25, 0.3) is 0 Å². The second kappa shape index (κ2) is 15.1. The van der Waals surface area contributed by atoms with Crippen molar-refractivity contribution < 1.29 is 32.7 Å². The van der Waals surface area contributed by atoms with Gasteiger partial charge in [0.2, 0.25) is 27.8 Å². The molecule has 0 aliphatic rings. The van der Waals surface area contributed by atoms with Crippen molar-refractivity contribution in [1.29, 1.82) is 0 Å². The SMILES string of the molecule is C=C(C)C(=O)ONC(N)=Nc1ccc(CNC(=O)[C@H](C)N(C)C(=O)C(CO)NS(=O)(=O)Cc2ccc(Cl)cc2)cc1. The number of nitrogens with one attached hydrogen (secondary N) is 3. The van der Waals surface area contributed by atoms with Crippen molar-refractivity contribution in [1.82, 2.24) is 20.4 Å². The highest BCUT2D eigenvalue weighted by Gasteiger charge is 2.31. The number of sulfonamides is 1. The van der Waals surface area contributed by atoms with E-state index >= 15 is 0 Å². The highest BCUT2D eigenvalue weighted by molar-refractivity contribution is 7.88. The van der Waals surface area contributed by atoms with Crippen LogP contribution >= 0.6 is 11.6 Å². The summed E-state index contributed by atoms with van der Waals surface area (Å²) in [6, 6.07) is 10.3. The summed E-state index contributed by atoms with van der Waals surface area (Å²) in [5.41, 5.74) is 9.66. The van der Waals surface area contributed by atoms with Crippen molar-refractivity contribution in [2.45, 2.75) is 38.2 Å². The number of aliphatic hydroxyl groups excluding tert-OH is 1. The molecule has 2 aromatic carbocycles. The first-order valence-electron chi connectivity index (χ1n) is 12.2. The zero-order chi connectivity index (χ0) is 30.7. The van der Waals surface area contributed by atoms with Crippen LogP contribution in [0.1, 0.15) is 25.0 Å². The summed E-state index contributed by atoms with van der Waals surface area (Å²) in [4.78, 5) is 46.8. The standard InChI is InChI=1S/C26H33ClN6O7S/c1-16(2)25(37)40-31-26(28)30-21-11-7-18(8-12-21)13-29-23(35)17(3)33(4)24(36)22(14-34)32-41(38,39)15-19-5-9-20(27)10-6-19/h5-12,17,22,32,34H,1,13-15H2,2-4H3,(H,29,35)(H3,28,30,31)/t17-,22?/m0/s1. The number of aliphatic imine (C=N–C) groups is 1. The molecule has 0 heterocycles. The topological polar surface area (TPSA) is 193 Å². The van der Waals surface area contributed by atoms with E-state index < -0.39 is 52.3 Å². The van der Waals surface area contributed by atoms with Gasteiger partial charge in [0.1, 0.15) is 12.1 Å². The van der Waals surface area contributed by atoms with Gasteiger partial charge in [-0.2, -0.15) is 5.48 Å². The third-order valence-electron chi connectivity index (χ3n) is 5.63. The molecule has 6 N–H and O–H groups in total. The largest absolute Gasteiger partial charge is 0.394 e. The number of carbonyl (C=O) groups excluding carboxylic acids is 3. The van der Waals surface area contributed by atoms with Crippen molar-refractivity contribution in [3.63, 3.8) is 0 Å². The van der Waals surface area contributed by atoms with Gasteiger partial charge in [-0.1, -0.05) is 42.4 Å². The predicted molar refractivity (Wildman–Crippen MR) is 154 cm³/mol. The van der Waals surface area contributed by atoms with E-state index in [1.54, 1.807) is 24.3 Å². The molecule has 2 aromatic rings. The number of carbonyl (C=O) groups is 3. The monoisotopic (exact) mass is 608 g/mol. The molecule has 222 valence electrons. The van der Waals surface area contributed by atoms with Gasteiger partial charge in [-0.3, -0.25) is 9.59 Å². The van der Waals surface area contributed by atoms with E-state index in [4.69, 9.17) is 17.3 Å². The van der Waals surface area contributed by atoms with E-state index in [1.807, 2.05) is 0 Å². The average Bonchev–Trinajstić information content (AvgIpc) is 2.93. The maximum atomic E-state index is 12.9. The zero-order valence-corrected chi connectivity index (χ0v) is 24.3. The second-order valence-electron chi connectivity index (χ2n) is 9.02. The Balaban J connectivity index is 1.91. The molecule has 0 fully saturated rings. The van der Waals surface area contributed by atoms with Crippen molar-refractivity contribution in [3.05, 3.63) is 76.8 Å². The number of aliphatic hydroxyl groups is 1. The number of halogens is 1. The highest BCUT2D eigenvalue weighted by atomic mass is 35.5. The second-order valence-corrected chi connectivity index (χ2v) is 11.2. The lowest BCUT2D eigenvalue weighted by Gasteiger charge is -2.28. The van der Waals surface area contributed by atoms with E-state index in [0.29, 0.717) is 21.8 Å². The fourth-order valence-electron chi connectivity index (χ4n) is 3.21. The molecule has 41 heavy (non-hydrogen) atoms. The third-order valence-corrected chi connectivity index (χ3v) is 7.24. The summed E-state index contributed by atoms with van der Waals surface area (Å²) in [5, 5.41) is 12.8. The Morgan fingerprint density at radius 1 is 1.12 bits per heavy atom. The van der Waals surface area contributed by atoms with Gasteiger partial charge in [-0.05, 0) is 49.2 Å². The molecule has 0 aliphatic carbocycles. The van der Waals surface area contributed by atoms with Crippen LogP contribution in [0.25, 0.3) is 0 Å². The average molecular weight is 609 g/mol. The lowest BCUT2D eigenvalue weighted by Crippen LogP contribution is -2.54. The van der Waals surface area contributed by atoms with Crippen molar-refractivity contribution >= 4 is 51.1 Å². The molecule has 0 bridgehead atoms. The van der Waals surface area contributed by atoms with Crippen LogP contribution in [-0.4, -0.2) is 67.9 Å². The lowest BCUT2D eigenvalue weighted by atomic mass is 10.2. The molecule has 0 saturated carbocycles. The van der Waals surface area contributed by atoms with Crippen LogP contribution in [0.4, 0.5) is 5.69 Å². The maximum Gasteiger partial charge on any atom is 0.358 e. The molecule has 0 radical (unpaired) electrons. The smallest absolute Gasteiger partial charge is 0.358 e. The summed E-state index contributed by atoms with van der Waals surface area (Å²) in [6.45, 7) is 5.71. The van der Waals surface area contributed by atoms with E-state index in [2.05, 4.69) is 31.9 Å². The van der Waals surface area contributed by atoms with Gasteiger partial charge < -0.3 is 25.9 Å².